The molecule has 0 radical (unpaired) electrons. The molecule has 2 heterocycles. The van der Waals surface area contributed by atoms with Crippen LogP contribution in [-0.4, -0.2) is 42.8 Å². The first-order valence-corrected chi connectivity index (χ1v) is 6.33. The van der Waals surface area contributed by atoms with Gasteiger partial charge in [0.2, 0.25) is 0 Å². The molecule has 0 spiro atoms. The molecular weight excluding hydrogens is 272 g/mol. The van der Waals surface area contributed by atoms with Crippen molar-refractivity contribution in [1.29, 1.82) is 0 Å². The summed E-state index contributed by atoms with van der Waals surface area (Å²) < 4.78 is 6.58. The number of esters is 1. The van der Waals surface area contributed by atoms with E-state index in [-0.39, 0.29) is 12.3 Å². The minimum Gasteiger partial charge on any atom is -0.461 e. The van der Waals surface area contributed by atoms with Crippen molar-refractivity contribution in [3.05, 3.63) is 42.6 Å². The predicted octanol–water partition coefficient (Wildman–Crippen LogP) is 1.23. The quantitative estimate of drug-likeness (QED) is 0.723. The van der Waals surface area contributed by atoms with Gasteiger partial charge < -0.3 is 4.74 Å². The van der Waals surface area contributed by atoms with Gasteiger partial charge in [-0.15, -0.1) is 5.10 Å². The average molecular weight is 284 g/mol. The smallest absolute Gasteiger partial charge is 0.361 e. The van der Waals surface area contributed by atoms with Gasteiger partial charge in [-0.1, -0.05) is 12.1 Å². The molecule has 1 aromatic carbocycles. The molecule has 0 aliphatic heterocycles. The maximum atomic E-state index is 11.8. The lowest BCUT2D eigenvalue weighted by molar-refractivity contribution is 0.0520. The number of benzene rings is 1. The molecule has 8 heteroatoms. The van der Waals surface area contributed by atoms with Crippen LogP contribution < -0.4 is 0 Å². The van der Waals surface area contributed by atoms with E-state index in [1.807, 2.05) is 24.3 Å². The van der Waals surface area contributed by atoms with Crippen LogP contribution in [-0.2, 0) is 4.74 Å². The molecule has 0 amide bonds. The van der Waals surface area contributed by atoms with Crippen LogP contribution in [0.4, 0.5) is 0 Å². The molecule has 0 atom stereocenters. The Morgan fingerprint density at radius 2 is 2.10 bits per heavy atom. The number of aromatic nitrogens is 6. The lowest BCUT2D eigenvalue weighted by atomic mass is 10.1. The zero-order valence-electron chi connectivity index (χ0n) is 11.2. The SMILES string of the molecule is CCOC(=O)c1n[nH]nc1-c1ccc(-n2cncn2)cc1. The lowest BCUT2D eigenvalue weighted by Crippen LogP contribution is -2.06. The van der Waals surface area contributed by atoms with Gasteiger partial charge in [-0.05, 0) is 19.1 Å². The summed E-state index contributed by atoms with van der Waals surface area (Å²) in [7, 11) is 0. The van der Waals surface area contributed by atoms with E-state index in [1.165, 1.54) is 6.33 Å². The standard InChI is InChI=1S/C13H12N6O2/c1-2-21-13(20)12-11(16-18-17-12)9-3-5-10(6-4-9)19-8-14-7-15-19/h3-8H,2H2,1H3,(H,16,17,18). The third-order valence-electron chi connectivity index (χ3n) is 2.84. The Labute approximate surface area is 119 Å². The van der Waals surface area contributed by atoms with Crippen LogP contribution in [0.5, 0.6) is 0 Å². The van der Waals surface area contributed by atoms with E-state index < -0.39 is 5.97 Å². The Kier molecular flexibility index (Phi) is 3.42. The van der Waals surface area contributed by atoms with Gasteiger partial charge in [-0.25, -0.2) is 14.5 Å². The molecule has 3 aromatic rings. The average Bonchev–Trinajstić information content (AvgIpc) is 3.19. The third kappa shape index (κ3) is 2.50. The number of nitrogens with one attached hydrogen (secondary N) is 1. The van der Waals surface area contributed by atoms with E-state index in [9.17, 15) is 4.79 Å². The second-order valence-electron chi connectivity index (χ2n) is 4.13. The van der Waals surface area contributed by atoms with Gasteiger partial charge in [0.25, 0.3) is 0 Å². The van der Waals surface area contributed by atoms with E-state index in [1.54, 1.807) is 17.9 Å². The number of rotatable bonds is 4. The molecule has 0 bridgehead atoms. The van der Waals surface area contributed by atoms with Crippen LogP contribution in [0.25, 0.3) is 16.9 Å². The summed E-state index contributed by atoms with van der Waals surface area (Å²) in [6.07, 6.45) is 3.07. The van der Waals surface area contributed by atoms with Crippen molar-refractivity contribution in [2.45, 2.75) is 6.92 Å². The first-order valence-electron chi connectivity index (χ1n) is 6.33. The summed E-state index contributed by atoms with van der Waals surface area (Å²) >= 11 is 0. The van der Waals surface area contributed by atoms with Crippen molar-refractivity contribution in [2.75, 3.05) is 6.61 Å². The zero-order chi connectivity index (χ0) is 14.7. The fourth-order valence-corrected chi connectivity index (χ4v) is 1.89. The van der Waals surface area contributed by atoms with E-state index in [2.05, 4.69) is 25.5 Å². The van der Waals surface area contributed by atoms with Crippen molar-refractivity contribution >= 4 is 5.97 Å². The second-order valence-corrected chi connectivity index (χ2v) is 4.13. The number of nitrogens with zero attached hydrogens (tertiary/aromatic N) is 5. The maximum absolute atomic E-state index is 11.8. The van der Waals surface area contributed by atoms with Gasteiger partial charge in [0.1, 0.15) is 18.3 Å². The van der Waals surface area contributed by atoms with Crippen LogP contribution in [0.2, 0.25) is 0 Å². The van der Waals surface area contributed by atoms with Crippen LogP contribution in [0.1, 0.15) is 17.4 Å². The van der Waals surface area contributed by atoms with Gasteiger partial charge >= 0.3 is 5.97 Å². The molecule has 0 aliphatic rings. The van der Waals surface area contributed by atoms with Gasteiger partial charge in [0.15, 0.2) is 5.69 Å². The molecule has 0 aliphatic carbocycles. The molecule has 3 rings (SSSR count). The van der Waals surface area contributed by atoms with E-state index in [4.69, 9.17) is 4.74 Å². The fourth-order valence-electron chi connectivity index (χ4n) is 1.89. The van der Waals surface area contributed by atoms with Crippen LogP contribution in [0.15, 0.2) is 36.9 Å². The molecule has 0 fully saturated rings. The molecule has 2 aromatic heterocycles. The third-order valence-corrected chi connectivity index (χ3v) is 2.84. The van der Waals surface area contributed by atoms with Crippen molar-refractivity contribution in [2.24, 2.45) is 0 Å². The maximum Gasteiger partial charge on any atom is 0.361 e. The molecule has 8 nitrogen and oxygen atoms in total. The second kappa shape index (κ2) is 5.53. The highest BCUT2D eigenvalue weighted by Crippen LogP contribution is 2.21. The molecule has 0 unspecified atom stereocenters. The number of hydrogen-bond acceptors (Lipinski definition) is 6. The van der Waals surface area contributed by atoms with Crippen LogP contribution >= 0.6 is 0 Å². The van der Waals surface area contributed by atoms with Gasteiger partial charge in [-0.3, -0.25) is 0 Å². The number of aromatic amines is 1. The number of ether oxygens (including phenoxy) is 1. The van der Waals surface area contributed by atoms with Crippen molar-refractivity contribution in [3.63, 3.8) is 0 Å². The number of H-pyrrole nitrogens is 1. The Morgan fingerprint density at radius 1 is 1.29 bits per heavy atom. The molecule has 0 saturated carbocycles. The highest BCUT2D eigenvalue weighted by Gasteiger charge is 2.18. The molecule has 1 N–H and O–H groups in total. The molecule has 0 saturated heterocycles. The summed E-state index contributed by atoms with van der Waals surface area (Å²) in [6.45, 7) is 2.03. The summed E-state index contributed by atoms with van der Waals surface area (Å²) in [5, 5.41) is 14.4. The lowest BCUT2D eigenvalue weighted by Gasteiger charge is -2.03. The fraction of sp³-hybridized carbons (Fsp3) is 0.154. The Hall–Kier alpha value is -3.03. The largest absolute Gasteiger partial charge is 0.461 e. The highest BCUT2D eigenvalue weighted by atomic mass is 16.5. The topological polar surface area (TPSA) is 98.6 Å². The Bertz CT molecular complexity index is 732. The van der Waals surface area contributed by atoms with E-state index >= 15 is 0 Å². The Balaban J connectivity index is 1.91. The van der Waals surface area contributed by atoms with E-state index in [0.717, 1.165) is 11.3 Å². The van der Waals surface area contributed by atoms with Crippen molar-refractivity contribution in [3.8, 4) is 16.9 Å². The minimum absolute atomic E-state index is 0.172. The van der Waals surface area contributed by atoms with Crippen molar-refractivity contribution in [1.82, 2.24) is 30.2 Å². The summed E-state index contributed by atoms with van der Waals surface area (Å²) in [5.41, 5.74) is 2.25. The summed E-state index contributed by atoms with van der Waals surface area (Å²) in [6, 6.07) is 7.37. The number of hydrogen-bond donors (Lipinski definition) is 1. The van der Waals surface area contributed by atoms with Crippen LogP contribution in [0, 0.1) is 0 Å². The molecule has 106 valence electrons. The predicted molar refractivity (Wildman–Crippen MR) is 72.7 cm³/mol. The zero-order valence-corrected chi connectivity index (χ0v) is 11.2. The Morgan fingerprint density at radius 3 is 2.76 bits per heavy atom. The first-order chi connectivity index (χ1) is 10.3. The summed E-state index contributed by atoms with van der Waals surface area (Å²) in [4.78, 5) is 15.7. The van der Waals surface area contributed by atoms with Gasteiger partial charge in [0, 0.05) is 5.56 Å². The monoisotopic (exact) mass is 284 g/mol. The summed E-state index contributed by atoms with van der Waals surface area (Å²) in [5.74, 6) is -0.499. The highest BCUT2D eigenvalue weighted by molar-refractivity contribution is 5.93. The first kappa shape index (κ1) is 13.0. The normalized spacial score (nSPS) is 10.5. The number of carbonyl (C=O) groups is 1. The molecule has 21 heavy (non-hydrogen) atoms. The molecular formula is C13H12N6O2. The van der Waals surface area contributed by atoms with Crippen LogP contribution in [0.3, 0.4) is 0 Å². The minimum atomic E-state index is -0.499. The van der Waals surface area contributed by atoms with Crippen molar-refractivity contribution < 1.29 is 9.53 Å². The number of carbonyl (C=O) groups excluding carboxylic acids is 1. The van der Waals surface area contributed by atoms with E-state index in [0.29, 0.717) is 5.69 Å². The van der Waals surface area contributed by atoms with Gasteiger partial charge in [-0.2, -0.15) is 15.4 Å². The van der Waals surface area contributed by atoms with Gasteiger partial charge in [0.05, 0.1) is 12.3 Å².